The number of primary sulfonamides is 1. The lowest BCUT2D eigenvalue weighted by Gasteiger charge is -2.06. The van der Waals surface area contributed by atoms with E-state index in [0.717, 1.165) is 18.2 Å². The topological polar surface area (TPSA) is 102 Å². The predicted octanol–water partition coefficient (Wildman–Crippen LogP) is 2.08. The van der Waals surface area contributed by atoms with Crippen molar-refractivity contribution in [2.45, 2.75) is 4.90 Å². The molecule has 1 aromatic carbocycles. The fourth-order valence-electron chi connectivity index (χ4n) is 1.40. The van der Waals surface area contributed by atoms with Crippen molar-refractivity contribution in [2.24, 2.45) is 5.14 Å². The Hall–Kier alpha value is -1.71. The van der Waals surface area contributed by atoms with Gasteiger partial charge in [-0.2, -0.15) is 0 Å². The highest BCUT2D eigenvalue weighted by Gasteiger charge is 2.16. The van der Waals surface area contributed by atoms with Crippen LogP contribution in [0.5, 0.6) is 0 Å². The van der Waals surface area contributed by atoms with Crippen LogP contribution in [0.2, 0.25) is 0 Å². The number of benzene rings is 1. The summed E-state index contributed by atoms with van der Waals surface area (Å²) in [5.41, 5.74) is -0.311. The van der Waals surface area contributed by atoms with E-state index in [1.165, 1.54) is 12.1 Å². The first-order chi connectivity index (χ1) is 9.27. The maximum atomic E-state index is 13.5. The number of hydrogen-bond donors (Lipinski definition) is 2. The molecule has 2 rings (SSSR count). The van der Waals surface area contributed by atoms with Crippen molar-refractivity contribution in [3.8, 4) is 0 Å². The molecule has 1 aromatic heterocycles. The third-order valence-electron chi connectivity index (χ3n) is 2.31. The van der Waals surface area contributed by atoms with E-state index < -0.39 is 21.7 Å². The number of anilines is 1. The Bertz CT molecular complexity index is 772. The Kier molecular flexibility index (Phi) is 3.93. The van der Waals surface area contributed by atoms with Gasteiger partial charge in [0, 0.05) is 0 Å². The highest BCUT2D eigenvalue weighted by atomic mass is 79.9. The van der Waals surface area contributed by atoms with Crippen molar-refractivity contribution in [3.63, 3.8) is 0 Å². The van der Waals surface area contributed by atoms with Gasteiger partial charge in [0.05, 0.1) is 10.6 Å². The second-order valence-electron chi connectivity index (χ2n) is 3.74. The van der Waals surface area contributed by atoms with Crippen molar-refractivity contribution in [2.75, 3.05) is 5.32 Å². The lowest BCUT2D eigenvalue weighted by Crippen LogP contribution is -2.15. The number of rotatable bonds is 3. The Morgan fingerprint density at radius 3 is 2.55 bits per heavy atom. The molecule has 0 aliphatic heterocycles. The summed E-state index contributed by atoms with van der Waals surface area (Å²) >= 11 is 3.02. The van der Waals surface area contributed by atoms with Gasteiger partial charge in [-0.25, -0.2) is 17.9 Å². The first-order valence-corrected chi connectivity index (χ1v) is 7.50. The normalized spacial score (nSPS) is 11.3. The van der Waals surface area contributed by atoms with Crippen LogP contribution in [0.25, 0.3) is 0 Å². The molecule has 0 radical (unpaired) electrons. The molecule has 1 amide bonds. The number of carbonyl (C=O) groups excluding carboxylic acids is 1. The molecule has 0 aliphatic rings. The van der Waals surface area contributed by atoms with Crippen LogP contribution in [-0.4, -0.2) is 14.3 Å². The van der Waals surface area contributed by atoms with Crippen LogP contribution >= 0.6 is 15.9 Å². The molecular formula is C11H8BrFN2O4S. The molecule has 0 saturated carbocycles. The molecule has 2 aromatic rings. The van der Waals surface area contributed by atoms with Crippen LogP contribution in [0.3, 0.4) is 0 Å². The molecule has 0 saturated heterocycles. The van der Waals surface area contributed by atoms with Gasteiger partial charge < -0.3 is 9.73 Å². The number of sulfonamides is 1. The SMILES string of the molecule is NS(=O)(=O)c1ccc(F)c(NC(=O)c2ccc(Br)o2)c1. The Balaban J connectivity index is 2.31. The largest absolute Gasteiger partial charge is 0.444 e. The van der Waals surface area contributed by atoms with Gasteiger partial charge in [-0.1, -0.05) is 0 Å². The summed E-state index contributed by atoms with van der Waals surface area (Å²) < 4.78 is 41.2. The number of carbonyl (C=O) groups is 1. The molecule has 0 bridgehead atoms. The van der Waals surface area contributed by atoms with E-state index in [4.69, 9.17) is 9.56 Å². The maximum Gasteiger partial charge on any atom is 0.291 e. The second kappa shape index (κ2) is 5.35. The number of nitrogens with one attached hydrogen (secondary N) is 1. The zero-order valence-corrected chi connectivity index (χ0v) is 12.2. The predicted molar refractivity (Wildman–Crippen MR) is 72.1 cm³/mol. The lowest BCUT2D eigenvalue weighted by atomic mass is 10.3. The zero-order chi connectivity index (χ0) is 14.9. The highest BCUT2D eigenvalue weighted by molar-refractivity contribution is 9.10. The van der Waals surface area contributed by atoms with E-state index in [1.54, 1.807) is 0 Å². The molecule has 0 unspecified atom stereocenters. The molecule has 0 aliphatic carbocycles. The monoisotopic (exact) mass is 362 g/mol. The Morgan fingerprint density at radius 1 is 1.30 bits per heavy atom. The summed E-state index contributed by atoms with van der Waals surface area (Å²) in [5, 5.41) is 7.14. The Morgan fingerprint density at radius 2 is 2.00 bits per heavy atom. The number of amides is 1. The first kappa shape index (κ1) is 14.7. The fraction of sp³-hybridized carbons (Fsp3) is 0. The molecular weight excluding hydrogens is 355 g/mol. The van der Waals surface area contributed by atoms with Crippen LogP contribution < -0.4 is 10.5 Å². The van der Waals surface area contributed by atoms with Crippen molar-refractivity contribution in [1.82, 2.24) is 0 Å². The van der Waals surface area contributed by atoms with Gasteiger partial charge in [0.1, 0.15) is 5.82 Å². The first-order valence-electron chi connectivity index (χ1n) is 5.16. The quantitative estimate of drug-likeness (QED) is 0.872. The molecule has 106 valence electrons. The third-order valence-corrected chi connectivity index (χ3v) is 3.65. The molecule has 0 atom stereocenters. The number of halogens is 2. The van der Waals surface area contributed by atoms with Crippen LogP contribution in [0.15, 0.2) is 44.3 Å². The zero-order valence-electron chi connectivity index (χ0n) is 9.76. The fourth-order valence-corrected chi connectivity index (χ4v) is 2.24. The van der Waals surface area contributed by atoms with Crippen LogP contribution in [0.4, 0.5) is 10.1 Å². The van der Waals surface area contributed by atoms with Crippen molar-refractivity contribution in [3.05, 3.63) is 46.6 Å². The summed E-state index contributed by atoms with van der Waals surface area (Å²) in [6, 6.07) is 5.70. The van der Waals surface area contributed by atoms with E-state index in [2.05, 4.69) is 21.2 Å². The number of nitrogens with two attached hydrogens (primary N) is 1. The minimum atomic E-state index is -3.99. The van der Waals surface area contributed by atoms with Crippen molar-refractivity contribution < 1.29 is 22.0 Å². The summed E-state index contributed by atoms with van der Waals surface area (Å²) in [4.78, 5) is 11.5. The summed E-state index contributed by atoms with van der Waals surface area (Å²) in [5.74, 6) is -1.57. The molecule has 3 N–H and O–H groups in total. The standard InChI is InChI=1S/C11H8BrFN2O4S/c12-10-4-3-9(19-10)11(16)15-8-5-6(20(14,17)18)1-2-7(8)13/h1-5H,(H,15,16)(H2,14,17,18). The van der Waals surface area contributed by atoms with Crippen LogP contribution in [0, 0.1) is 5.82 Å². The van der Waals surface area contributed by atoms with E-state index >= 15 is 0 Å². The molecule has 9 heteroatoms. The highest BCUT2D eigenvalue weighted by Crippen LogP contribution is 2.21. The smallest absolute Gasteiger partial charge is 0.291 e. The van der Waals surface area contributed by atoms with Gasteiger partial charge in [0.15, 0.2) is 10.4 Å². The Labute approximate surface area is 121 Å². The maximum absolute atomic E-state index is 13.5. The minimum Gasteiger partial charge on any atom is -0.444 e. The summed E-state index contributed by atoms with van der Waals surface area (Å²) in [7, 11) is -3.99. The van der Waals surface area contributed by atoms with E-state index in [1.807, 2.05) is 0 Å². The average molecular weight is 363 g/mol. The summed E-state index contributed by atoms with van der Waals surface area (Å²) in [6.45, 7) is 0. The molecule has 0 fully saturated rings. The van der Waals surface area contributed by atoms with Gasteiger partial charge in [-0.15, -0.1) is 0 Å². The van der Waals surface area contributed by atoms with Crippen LogP contribution in [-0.2, 0) is 10.0 Å². The van der Waals surface area contributed by atoms with Crippen LogP contribution in [0.1, 0.15) is 10.6 Å². The average Bonchev–Trinajstić information content (AvgIpc) is 2.77. The number of hydrogen-bond acceptors (Lipinski definition) is 4. The molecule has 6 nitrogen and oxygen atoms in total. The van der Waals surface area contributed by atoms with Crippen molar-refractivity contribution in [1.29, 1.82) is 0 Å². The van der Waals surface area contributed by atoms with Gasteiger partial charge in [-0.3, -0.25) is 4.79 Å². The third kappa shape index (κ3) is 3.24. The van der Waals surface area contributed by atoms with E-state index in [-0.39, 0.29) is 16.3 Å². The van der Waals surface area contributed by atoms with Gasteiger partial charge in [-0.05, 0) is 46.3 Å². The molecule has 20 heavy (non-hydrogen) atoms. The van der Waals surface area contributed by atoms with Gasteiger partial charge >= 0.3 is 0 Å². The van der Waals surface area contributed by atoms with E-state index in [9.17, 15) is 17.6 Å². The second-order valence-corrected chi connectivity index (χ2v) is 6.09. The van der Waals surface area contributed by atoms with Gasteiger partial charge in [0.25, 0.3) is 5.91 Å². The minimum absolute atomic E-state index is 0.0581. The molecule has 1 heterocycles. The number of furan rings is 1. The van der Waals surface area contributed by atoms with Crippen molar-refractivity contribution >= 4 is 37.5 Å². The summed E-state index contributed by atoms with van der Waals surface area (Å²) in [6.07, 6.45) is 0. The molecule has 0 spiro atoms. The van der Waals surface area contributed by atoms with Gasteiger partial charge in [0.2, 0.25) is 10.0 Å². The lowest BCUT2D eigenvalue weighted by molar-refractivity contribution is 0.0995. The van der Waals surface area contributed by atoms with E-state index in [0.29, 0.717) is 4.67 Å².